The summed E-state index contributed by atoms with van der Waals surface area (Å²) >= 11 is 0. The SMILES string of the molecule is COC(C)CNC(=O)CCC(C)CCN. The molecule has 0 aromatic rings. The molecule has 4 nitrogen and oxygen atoms in total. The summed E-state index contributed by atoms with van der Waals surface area (Å²) in [5.41, 5.74) is 5.44. The van der Waals surface area contributed by atoms with E-state index < -0.39 is 0 Å². The number of carbonyl (C=O) groups excluding carboxylic acids is 1. The van der Waals surface area contributed by atoms with Crippen LogP contribution >= 0.6 is 0 Å². The van der Waals surface area contributed by atoms with Crippen molar-refractivity contribution in [2.75, 3.05) is 20.2 Å². The van der Waals surface area contributed by atoms with Crippen LogP contribution in [-0.4, -0.2) is 32.2 Å². The lowest BCUT2D eigenvalue weighted by atomic mass is 10.0. The largest absolute Gasteiger partial charge is 0.380 e. The predicted octanol–water partition coefficient (Wildman–Crippen LogP) is 0.903. The van der Waals surface area contributed by atoms with Gasteiger partial charge in [-0.3, -0.25) is 4.79 Å². The number of hydrogen-bond acceptors (Lipinski definition) is 3. The lowest BCUT2D eigenvalue weighted by Gasteiger charge is -2.12. The number of carbonyl (C=O) groups is 1. The van der Waals surface area contributed by atoms with Crippen LogP contribution in [0.3, 0.4) is 0 Å². The van der Waals surface area contributed by atoms with Crippen LogP contribution in [-0.2, 0) is 9.53 Å². The lowest BCUT2D eigenvalue weighted by molar-refractivity contribution is -0.121. The Bertz CT molecular complexity index is 174. The van der Waals surface area contributed by atoms with E-state index in [-0.39, 0.29) is 12.0 Å². The van der Waals surface area contributed by atoms with Crippen molar-refractivity contribution in [3.05, 3.63) is 0 Å². The summed E-state index contributed by atoms with van der Waals surface area (Å²) in [6.45, 7) is 5.33. The van der Waals surface area contributed by atoms with Crippen LogP contribution in [0.1, 0.15) is 33.1 Å². The first kappa shape index (κ1) is 14.4. The van der Waals surface area contributed by atoms with Gasteiger partial charge in [0.25, 0.3) is 0 Å². The van der Waals surface area contributed by atoms with Crippen molar-refractivity contribution in [3.63, 3.8) is 0 Å². The molecule has 90 valence electrons. The van der Waals surface area contributed by atoms with Crippen LogP contribution in [0, 0.1) is 5.92 Å². The average molecular weight is 216 g/mol. The van der Waals surface area contributed by atoms with Crippen molar-refractivity contribution in [1.29, 1.82) is 0 Å². The molecular formula is C11H24N2O2. The van der Waals surface area contributed by atoms with Crippen LogP contribution in [0.2, 0.25) is 0 Å². The van der Waals surface area contributed by atoms with Crippen LogP contribution in [0.5, 0.6) is 0 Å². The standard InChI is InChI=1S/C11H24N2O2/c1-9(6-7-12)4-5-11(14)13-8-10(2)15-3/h9-10H,4-8,12H2,1-3H3,(H,13,14). The van der Waals surface area contributed by atoms with Gasteiger partial charge in [0, 0.05) is 20.1 Å². The van der Waals surface area contributed by atoms with Gasteiger partial charge in [0.2, 0.25) is 5.91 Å². The first-order valence-electron chi connectivity index (χ1n) is 5.59. The van der Waals surface area contributed by atoms with E-state index in [0.29, 0.717) is 25.4 Å². The lowest BCUT2D eigenvalue weighted by Crippen LogP contribution is -2.31. The summed E-state index contributed by atoms with van der Waals surface area (Å²) in [5.74, 6) is 0.628. The maximum absolute atomic E-state index is 11.4. The molecule has 1 amide bonds. The number of rotatable bonds is 8. The molecule has 3 N–H and O–H groups in total. The maximum Gasteiger partial charge on any atom is 0.220 e. The van der Waals surface area contributed by atoms with Gasteiger partial charge in [0.15, 0.2) is 0 Å². The minimum Gasteiger partial charge on any atom is -0.380 e. The summed E-state index contributed by atoms with van der Waals surface area (Å²) in [6.07, 6.45) is 2.56. The Balaban J connectivity index is 3.48. The fraction of sp³-hybridized carbons (Fsp3) is 0.909. The first-order valence-corrected chi connectivity index (χ1v) is 5.59. The highest BCUT2D eigenvalue weighted by Crippen LogP contribution is 2.08. The van der Waals surface area contributed by atoms with E-state index in [4.69, 9.17) is 10.5 Å². The highest BCUT2D eigenvalue weighted by molar-refractivity contribution is 5.75. The van der Waals surface area contributed by atoms with Crippen molar-refractivity contribution >= 4 is 5.91 Å². The number of ether oxygens (including phenoxy) is 1. The van der Waals surface area contributed by atoms with Crippen LogP contribution in [0.25, 0.3) is 0 Å². The van der Waals surface area contributed by atoms with Crippen LogP contribution < -0.4 is 11.1 Å². The summed E-state index contributed by atoms with van der Waals surface area (Å²) in [7, 11) is 1.64. The Hall–Kier alpha value is -0.610. The van der Waals surface area contributed by atoms with E-state index in [1.807, 2.05) is 6.92 Å². The van der Waals surface area contributed by atoms with Crippen molar-refractivity contribution in [3.8, 4) is 0 Å². The van der Waals surface area contributed by atoms with E-state index in [0.717, 1.165) is 12.8 Å². The molecule has 0 spiro atoms. The Labute approximate surface area is 92.6 Å². The molecule has 0 rings (SSSR count). The van der Waals surface area contributed by atoms with Crippen molar-refractivity contribution in [2.45, 2.75) is 39.2 Å². The van der Waals surface area contributed by atoms with Gasteiger partial charge in [-0.25, -0.2) is 0 Å². The fourth-order valence-corrected chi connectivity index (χ4v) is 1.24. The highest BCUT2D eigenvalue weighted by Gasteiger charge is 2.07. The fourth-order valence-electron chi connectivity index (χ4n) is 1.24. The molecule has 0 bridgehead atoms. The molecule has 4 heteroatoms. The van der Waals surface area contributed by atoms with Crippen molar-refractivity contribution < 1.29 is 9.53 Å². The van der Waals surface area contributed by atoms with Gasteiger partial charge in [-0.05, 0) is 32.2 Å². The zero-order chi connectivity index (χ0) is 11.7. The second kappa shape index (κ2) is 8.68. The number of nitrogens with two attached hydrogens (primary N) is 1. The number of amides is 1. The molecule has 0 saturated heterocycles. The second-order valence-electron chi connectivity index (χ2n) is 4.07. The normalized spacial score (nSPS) is 14.7. The third kappa shape index (κ3) is 8.39. The molecule has 0 heterocycles. The summed E-state index contributed by atoms with van der Waals surface area (Å²) in [4.78, 5) is 11.4. The summed E-state index contributed by atoms with van der Waals surface area (Å²) in [5, 5.41) is 2.84. The van der Waals surface area contributed by atoms with Gasteiger partial charge in [0.05, 0.1) is 6.10 Å². The monoisotopic (exact) mass is 216 g/mol. The predicted molar refractivity (Wildman–Crippen MR) is 61.6 cm³/mol. The molecule has 0 aliphatic carbocycles. The van der Waals surface area contributed by atoms with Gasteiger partial charge >= 0.3 is 0 Å². The molecule has 0 saturated carbocycles. The molecule has 2 unspecified atom stereocenters. The Morgan fingerprint density at radius 2 is 2.07 bits per heavy atom. The summed E-state index contributed by atoms with van der Waals surface area (Å²) < 4.78 is 5.03. The van der Waals surface area contributed by atoms with Gasteiger partial charge in [0.1, 0.15) is 0 Å². The van der Waals surface area contributed by atoms with Gasteiger partial charge in [-0.2, -0.15) is 0 Å². The maximum atomic E-state index is 11.4. The van der Waals surface area contributed by atoms with E-state index in [2.05, 4.69) is 12.2 Å². The molecule has 0 fully saturated rings. The van der Waals surface area contributed by atoms with Gasteiger partial charge in [-0.1, -0.05) is 6.92 Å². The van der Waals surface area contributed by atoms with E-state index in [9.17, 15) is 4.79 Å². The molecular weight excluding hydrogens is 192 g/mol. The Kier molecular flexibility index (Phi) is 8.33. The number of hydrogen-bond donors (Lipinski definition) is 2. The molecule has 0 aromatic carbocycles. The van der Waals surface area contributed by atoms with E-state index in [1.165, 1.54) is 0 Å². The molecule has 2 atom stereocenters. The average Bonchev–Trinajstić information content (AvgIpc) is 2.23. The minimum atomic E-state index is 0.0791. The topological polar surface area (TPSA) is 64.3 Å². The van der Waals surface area contributed by atoms with Crippen LogP contribution in [0.4, 0.5) is 0 Å². The quantitative estimate of drug-likeness (QED) is 0.633. The number of methoxy groups -OCH3 is 1. The van der Waals surface area contributed by atoms with Crippen LogP contribution in [0.15, 0.2) is 0 Å². The third-order valence-electron chi connectivity index (χ3n) is 2.51. The number of nitrogens with one attached hydrogen (secondary N) is 1. The van der Waals surface area contributed by atoms with Crippen molar-refractivity contribution in [2.24, 2.45) is 11.7 Å². The zero-order valence-electron chi connectivity index (χ0n) is 10.1. The second-order valence-corrected chi connectivity index (χ2v) is 4.07. The van der Waals surface area contributed by atoms with Gasteiger partial charge in [-0.15, -0.1) is 0 Å². The van der Waals surface area contributed by atoms with Gasteiger partial charge < -0.3 is 15.8 Å². The molecule has 0 radical (unpaired) electrons. The zero-order valence-corrected chi connectivity index (χ0v) is 10.1. The molecule has 0 aliphatic heterocycles. The highest BCUT2D eigenvalue weighted by atomic mass is 16.5. The Morgan fingerprint density at radius 1 is 1.40 bits per heavy atom. The summed E-state index contributed by atoms with van der Waals surface area (Å²) in [6, 6.07) is 0. The Morgan fingerprint density at radius 3 is 2.60 bits per heavy atom. The smallest absolute Gasteiger partial charge is 0.220 e. The third-order valence-corrected chi connectivity index (χ3v) is 2.51. The first-order chi connectivity index (χ1) is 7.10. The molecule has 15 heavy (non-hydrogen) atoms. The van der Waals surface area contributed by atoms with E-state index in [1.54, 1.807) is 7.11 Å². The minimum absolute atomic E-state index is 0.0791. The van der Waals surface area contributed by atoms with E-state index >= 15 is 0 Å². The molecule has 0 aromatic heterocycles. The molecule has 0 aliphatic rings. The van der Waals surface area contributed by atoms with Crippen molar-refractivity contribution in [1.82, 2.24) is 5.32 Å².